The number of non-ortho nitro benzene ring substituents is 1. The maximum atomic E-state index is 11.1. The number of rotatable bonds is 6. The third kappa shape index (κ3) is 3.90. The molecule has 2 rings (SSSR count). The molecule has 0 radical (unpaired) electrons. The summed E-state index contributed by atoms with van der Waals surface area (Å²) in [6.45, 7) is 0. The second-order valence-electron chi connectivity index (χ2n) is 4.63. The molecular weight excluding hydrogens is 336 g/mol. The molecule has 0 spiro atoms. The molecule has 11 heteroatoms. The summed E-state index contributed by atoms with van der Waals surface area (Å²) < 4.78 is 4.97. The summed E-state index contributed by atoms with van der Waals surface area (Å²) >= 11 is 0. The maximum Gasteiger partial charge on any atom is 0.291 e. The smallest absolute Gasteiger partial charge is 0.291 e. The van der Waals surface area contributed by atoms with Crippen LogP contribution in [-0.4, -0.2) is 28.1 Å². The van der Waals surface area contributed by atoms with Crippen LogP contribution < -0.4 is 4.74 Å². The highest BCUT2D eigenvalue weighted by Crippen LogP contribution is 2.32. The number of hydrogen-bond acceptors (Lipinski definition) is 8. The van der Waals surface area contributed by atoms with Crippen LogP contribution in [0, 0.1) is 30.3 Å². The van der Waals surface area contributed by atoms with E-state index in [-0.39, 0.29) is 0 Å². The van der Waals surface area contributed by atoms with Crippen molar-refractivity contribution in [2.24, 2.45) is 4.99 Å². The first-order valence-corrected chi connectivity index (χ1v) is 6.63. The summed E-state index contributed by atoms with van der Waals surface area (Å²) in [4.78, 5) is 34.3. The molecule has 0 bridgehead atoms. The van der Waals surface area contributed by atoms with E-state index in [4.69, 9.17) is 4.74 Å². The summed E-state index contributed by atoms with van der Waals surface area (Å²) in [5.74, 6) is 0.561. The van der Waals surface area contributed by atoms with Crippen molar-refractivity contribution < 1.29 is 19.5 Å². The molecule has 2 aromatic carbocycles. The van der Waals surface area contributed by atoms with Gasteiger partial charge < -0.3 is 4.74 Å². The van der Waals surface area contributed by atoms with Gasteiger partial charge in [0.15, 0.2) is 0 Å². The molecule has 2 aromatic rings. The summed E-state index contributed by atoms with van der Waals surface area (Å²) in [6, 6.07) is 7.57. The van der Waals surface area contributed by atoms with Gasteiger partial charge in [-0.05, 0) is 24.3 Å². The standard InChI is InChI=1S/C14H10N4O7/c1-25-11-4-2-9(3-5-11)15-8-12-13(17(21)22)6-10(16(19)20)7-14(12)18(23)24/h2-8H,1H3. The molecule has 0 aromatic heterocycles. The second-order valence-corrected chi connectivity index (χ2v) is 4.63. The molecule has 0 aliphatic carbocycles. The summed E-state index contributed by atoms with van der Waals surface area (Å²) in [6.07, 6.45) is 0.932. The van der Waals surface area contributed by atoms with Gasteiger partial charge in [0, 0.05) is 6.21 Å². The maximum absolute atomic E-state index is 11.1. The Morgan fingerprint density at radius 2 is 1.44 bits per heavy atom. The van der Waals surface area contributed by atoms with Gasteiger partial charge in [-0.3, -0.25) is 35.3 Å². The first-order chi connectivity index (χ1) is 11.8. The van der Waals surface area contributed by atoms with Gasteiger partial charge in [0.1, 0.15) is 11.3 Å². The molecule has 0 atom stereocenters. The van der Waals surface area contributed by atoms with Crippen LogP contribution in [-0.2, 0) is 0 Å². The highest BCUT2D eigenvalue weighted by molar-refractivity contribution is 5.93. The molecule has 11 nitrogen and oxygen atoms in total. The van der Waals surface area contributed by atoms with Crippen molar-refractivity contribution in [2.45, 2.75) is 0 Å². The van der Waals surface area contributed by atoms with Crippen LogP contribution in [0.15, 0.2) is 41.4 Å². The Morgan fingerprint density at radius 3 is 1.84 bits per heavy atom. The van der Waals surface area contributed by atoms with E-state index in [1.807, 2.05) is 0 Å². The zero-order valence-electron chi connectivity index (χ0n) is 12.7. The Balaban J connectivity index is 2.57. The number of nitrogens with zero attached hydrogens (tertiary/aromatic N) is 4. The van der Waals surface area contributed by atoms with Crippen LogP contribution >= 0.6 is 0 Å². The number of hydrogen-bond donors (Lipinski definition) is 0. The lowest BCUT2D eigenvalue weighted by molar-refractivity contribution is -0.403. The monoisotopic (exact) mass is 346 g/mol. The van der Waals surface area contributed by atoms with Gasteiger partial charge in [0.05, 0.1) is 39.7 Å². The molecule has 0 heterocycles. The van der Waals surface area contributed by atoms with Crippen molar-refractivity contribution in [2.75, 3.05) is 7.11 Å². The third-order valence-electron chi connectivity index (χ3n) is 3.14. The minimum atomic E-state index is -0.940. The van der Waals surface area contributed by atoms with Crippen LogP contribution in [0.4, 0.5) is 22.7 Å². The predicted octanol–water partition coefficient (Wildman–Crippen LogP) is 3.17. The largest absolute Gasteiger partial charge is 0.497 e. The highest BCUT2D eigenvalue weighted by Gasteiger charge is 2.29. The Labute approximate surface area is 139 Å². The lowest BCUT2D eigenvalue weighted by atomic mass is 10.1. The van der Waals surface area contributed by atoms with Gasteiger partial charge >= 0.3 is 0 Å². The minimum Gasteiger partial charge on any atom is -0.497 e. The van der Waals surface area contributed by atoms with E-state index >= 15 is 0 Å². The molecule has 0 saturated heterocycles. The number of ether oxygens (including phenoxy) is 1. The summed E-state index contributed by atoms with van der Waals surface area (Å²) in [7, 11) is 1.47. The third-order valence-corrected chi connectivity index (χ3v) is 3.14. The molecule has 128 valence electrons. The molecule has 25 heavy (non-hydrogen) atoms. The molecule has 0 N–H and O–H groups in total. The summed E-state index contributed by atoms with van der Waals surface area (Å²) in [5, 5.41) is 33.1. The fourth-order valence-corrected chi connectivity index (χ4v) is 1.96. The van der Waals surface area contributed by atoms with Crippen LogP contribution in [0.25, 0.3) is 0 Å². The van der Waals surface area contributed by atoms with Crippen molar-refractivity contribution >= 4 is 29.0 Å². The zero-order valence-corrected chi connectivity index (χ0v) is 12.7. The van der Waals surface area contributed by atoms with Crippen molar-refractivity contribution in [3.05, 3.63) is 72.3 Å². The molecular formula is C14H10N4O7. The van der Waals surface area contributed by atoms with Gasteiger partial charge in [0.2, 0.25) is 0 Å². The second kappa shape index (κ2) is 7.12. The lowest BCUT2D eigenvalue weighted by Crippen LogP contribution is -2.02. The number of benzene rings is 2. The molecule has 0 amide bonds. The minimum absolute atomic E-state index is 0.364. The normalized spacial score (nSPS) is 10.6. The molecule has 0 saturated carbocycles. The average Bonchev–Trinajstić information content (AvgIpc) is 2.59. The average molecular weight is 346 g/mol. The van der Waals surface area contributed by atoms with Crippen molar-refractivity contribution in [3.8, 4) is 5.75 Å². The van der Waals surface area contributed by atoms with Crippen molar-refractivity contribution in [3.63, 3.8) is 0 Å². The van der Waals surface area contributed by atoms with Crippen LogP contribution in [0.3, 0.4) is 0 Å². The lowest BCUT2D eigenvalue weighted by Gasteiger charge is -2.01. The number of nitro benzene ring substituents is 3. The van der Waals surface area contributed by atoms with E-state index in [0.29, 0.717) is 23.6 Å². The number of nitro groups is 3. The fraction of sp³-hybridized carbons (Fsp3) is 0.0714. The Kier molecular flexibility index (Phi) is 4.98. The first-order valence-electron chi connectivity index (χ1n) is 6.63. The fourth-order valence-electron chi connectivity index (χ4n) is 1.96. The predicted molar refractivity (Wildman–Crippen MR) is 86.7 cm³/mol. The van der Waals surface area contributed by atoms with Crippen LogP contribution in [0.1, 0.15) is 5.56 Å². The van der Waals surface area contributed by atoms with E-state index in [1.54, 1.807) is 24.3 Å². The van der Waals surface area contributed by atoms with Gasteiger partial charge in [-0.2, -0.15) is 0 Å². The quantitative estimate of drug-likeness (QED) is 0.442. The van der Waals surface area contributed by atoms with Gasteiger partial charge in [0.25, 0.3) is 17.1 Å². The van der Waals surface area contributed by atoms with Gasteiger partial charge in [-0.15, -0.1) is 0 Å². The topological polar surface area (TPSA) is 151 Å². The van der Waals surface area contributed by atoms with E-state index in [9.17, 15) is 30.3 Å². The van der Waals surface area contributed by atoms with Crippen LogP contribution in [0.5, 0.6) is 5.75 Å². The van der Waals surface area contributed by atoms with Crippen molar-refractivity contribution in [1.82, 2.24) is 0 Å². The van der Waals surface area contributed by atoms with E-state index in [1.165, 1.54) is 7.11 Å². The number of aliphatic imine (C=N–C) groups is 1. The van der Waals surface area contributed by atoms with E-state index in [0.717, 1.165) is 6.21 Å². The van der Waals surface area contributed by atoms with Gasteiger partial charge in [-0.25, -0.2) is 0 Å². The Morgan fingerprint density at radius 1 is 0.920 bits per heavy atom. The highest BCUT2D eigenvalue weighted by atomic mass is 16.6. The molecule has 0 aliphatic rings. The zero-order chi connectivity index (χ0) is 18.6. The molecule has 0 unspecified atom stereocenters. The van der Waals surface area contributed by atoms with Crippen LogP contribution in [0.2, 0.25) is 0 Å². The number of methoxy groups -OCH3 is 1. The summed E-state index contributed by atoms with van der Waals surface area (Å²) in [5.41, 5.74) is -2.38. The van der Waals surface area contributed by atoms with E-state index in [2.05, 4.69) is 4.99 Å². The van der Waals surface area contributed by atoms with E-state index < -0.39 is 37.4 Å². The molecule has 0 aliphatic heterocycles. The SMILES string of the molecule is COc1ccc(N=Cc2c([N+](=O)[O-])cc([N+](=O)[O-])cc2[N+](=O)[O-])cc1. The first kappa shape index (κ1) is 17.5. The van der Waals surface area contributed by atoms with Gasteiger partial charge in [-0.1, -0.05) is 0 Å². The Hall–Kier alpha value is -3.89. The Bertz CT molecular complexity index is 842. The molecule has 0 fully saturated rings. The van der Waals surface area contributed by atoms with Crippen molar-refractivity contribution in [1.29, 1.82) is 0 Å².